The van der Waals surface area contributed by atoms with E-state index in [0.29, 0.717) is 29.4 Å². The molecule has 1 aliphatic heterocycles. The van der Waals surface area contributed by atoms with Crippen molar-refractivity contribution in [2.24, 2.45) is 0 Å². The molecule has 1 heterocycles. The van der Waals surface area contributed by atoms with Gasteiger partial charge in [-0.3, -0.25) is 0 Å². The molecular weight excluding hydrogens is 191 g/mol. The number of rotatable bonds is 0. The minimum atomic E-state index is -1.31. The second-order valence-electron chi connectivity index (χ2n) is 3.44. The molecule has 0 spiro atoms. The van der Waals surface area contributed by atoms with Gasteiger partial charge in [-0.05, 0) is 25.1 Å². The first-order valence-corrected chi connectivity index (χ1v) is 4.59. The van der Waals surface area contributed by atoms with E-state index in [-0.39, 0.29) is 0 Å². The number of fused-ring (bicyclic) bond motifs is 1. The summed E-state index contributed by atoms with van der Waals surface area (Å²) in [5, 5.41) is 0.549. The topological polar surface area (TPSA) is 9.23 Å². The molecule has 1 aromatic rings. The number of halogens is 2. The minimum absolute atomic E-state index is 0.389. The van der Waals surface area contributed by atoms with Crippen LogP contribution >= 0.6 is 11.6 Å². The molecule has 2 rings (SSSR count). The Morgan fingerprint density at radius 2 is 2.31 bits per heavy atom. The van der Waals surface area contributed by atoms with Crippen LogP contribution in [0.2, 0.25) is 5.02 Å². The fraction of sp³-hybridized carbons (Fsp3) is 0.400. The molecule has 3 heteroatoms. The average molecular weight is 201 g/mol. The van der Waals surface area contributed by atoms with E-state index in [4.69, 9.17) is 16.3 Å². The highest BCUT2D eigenvalue weighted by atomic mass is 35.5. The fourth-order valence-electron chi connectivity index (χ4n) is 1.52. The van der Waals surface area contributed by atoms with E-state index in [9.17, 15) is 4.39 Å². The first-order chi connectivity index (χ1) is 6.09. The Hall–Kier alpha value is -0.760. The first kappa shape index (κ1) is 8.82. The van der Waals surface area contributed by atoms with Crippen LogP contribution in [0.3, 0.4) is 0 Å². The second kappa shape index (κ2) is 2.88. The summed E-state index contributed by atoms with van der Waals surface area (Å²) in [5.74, 6) is 0.612. The highest BCUT2D eigenvalue weighted by Crippen LogP contribution is 2.40. The molecule has 0 fully saturated rings. The van der Waals surface area contributed by atoms with Crippen molar-refractivity contribution < 1.29 is 9.13 Å². The van der Waals surface area contributed by atoms with E-state index in [1.54, 1.807) is 25.1 Å². The van der Waals surface area contributed by atoms with Crippen LogP contribution in [0.25, 0.3) is 0 Å². The van der Waals surface area contributed by atoms with Crippen molar-refractivity contribution >= 4 is 11.6 Å². The smallest absolute Gasteiger partial charge is 0.140 e. The SMILES string of the molecule is CC1(F)CCOc2ccc(Cl)cc21. The largest absolute Gasteiger partial charge is 0.493 e. The number of alkyl halides is 1. The van der Waals surface area contributed by atoms with Gasteiger partial charge in [-0.1, -0.05) is 11.6 Å². The Kier molecular flexibility index (Phi) is 1.95. The summed E-state index contributed by atoms with van der Waals surface area (Å²) in [6.45, 7) is 1.99. The Balaban J connectivity index is 2.55. The third-order valence-corrected chi connectivity index (χ3v) is 2.57. The lowest BCUT2D eigenvalue weighted by atomic mass is 9.92. The molecule has 1 aliphatic rings. The van der Waals surface area contributed by atoms with Crippen LogP contribution in [-0.4, -0.2) is 6.61 Å². The molecule has 1 unspecified atom stereocenters. The summed E-state index contributed by atoms with van der Waals surface area (Å²) < 4.78 is 19.2. The second-order valence-corrected chi connectivity index (χ2v) is 3.87. The summed E-state index contributed by atoms with van der Waals surface area (Å²) in [7, 11) is 0. The maximum atomic E-state index is 13.9. The van der Waals surface area contributed by atoms with E-state index in [1.165, 1.54) is 0 Å². The highest BCUT2D eigenvalue weighted by Gasteiger charge is 2.33. The lowest BCUT2D eigenvalue weighted by Gasteiger charge is -2.28. The van der Waals surface area contributed by atoms with Crippen molar-refractivity contribution in [3.8, 4) is 5.75 Å². The first-order valence-electron chi connectivity index (χ1n) is 4.21. The number of ether oxygens (including phenoxy) is 1. The van der Waals surface area contributed by atoms with Crippen LogP contribution in [0.15, 0.2) is 18.2 Å². The van der Waals surface area contributed by atoms with E-state index in [0.717, 1.165) is 0 Å². The zero-order chi connectivity index (χ0) is 9.47. The van der Waals surface area contributed by atoms with Crippen LogP contribution < -0.4 is 4.74 Å². The van der Waals surface area contributed by atoms with Gasteiger partial charge >= 0.3 is 0 Å². The van der Waals surface area contributed by atoms with Crippen molar-refractivity contribution in [2.75, 3.05) is 6.61 Å². The van der Waals surface area contributed by atoms with Crippen LogP contribution in [0.5, 0.6) is 5.75 Å². The highest BCUT2D eigenvalue weighted by molar-refractivity contribution is 6.30. The predicted octanol–water partition coefficient (Wildman–Crippen LogP) is 3.31. The van der Waals surface area contributed by atoms with Gasteiger partial charge in [0.2, 0.25) is 0 Å². The van der Waals surface area contributed by atoms with Crippen LogP contribution in [0, 0.1) is 0 Å². The lowest BCUT2D eigenvalue weighted by molar-refractivity contribution is 0.110. The Morgan fingerprint density at radius 1 is 1.54 bits per heavy atom. The summed E-state index contributed by atoms with van der Waals surface area (Å²) in [4.78, 5) is 0. The van der Waals surface area contributed by atoms with Gasteiger partial charge in [0, 0.05) is 17.0 Å². The van der Waals surface area contributed by atoms with Gasteiger partial charge in [0.05, 0.1) is 6.61 Å². The molecule has 0 aliphatic carbocycles. The molecule has 0 saturated carbocycles. The van der Waals surface area contributed by atoms with Gasteiger partial charge in [0.25, 0.3) is 0 Å². The van der Waals surface area contributed by atoms with E-state index < -0.39 is 5.67 Å². The number of hydrogen-bond donors (Lipinski definition) is 0. The Labute approximate surface area is 81.5 Å². The summed E-state index contributed by atoms with van der Waals surface area (Å²) >= 11 is 5.78. The molecule has 0 saturated heterocycles. The minimum Gasteiger partial charge on any atom is -0.493 e. The van der Waals surface area contributed by atoms with Crippen LogP contribution in [-0.2, 0) is 5.67 Å². The van der Waals surface area contributed by atoms with Crippen molar-refractivity contribution in [3.05, 3.63) is 28.8 Å². The quantitative estimate of drug-likeness (QED) is 0.625. The molecule has 13 heavy (non-hydrogen) atoms. The van der Waals surface area contributed by atoms with Gasteiger partial charge in [-0.25, -0.2) is 4.39 Å². The summed E-state index contributed by atoms with van der Waals surface area (Å²) in [5.41, 5.74) is -0.746. The molecule has 0 radical (unpaired) electrons. The summed E-state index contributed by atoms with van der Waals surface area (Å²) in [6.07, 6.45) is 0.389. The van der Waals surface area contributed by atoms with Crippen molar-refractivity contribution in [2.45, 2.75) is 19.0 Å². The van der Waals surface area contributed by atoms with Crippen molar-refractivity contribution in [1.82, 2.24) is 0 Å². The molecule has 70 valence electrons. The molecule has 1 atom stereocenters. The Bertz CT molecular complexity index is 336. The van der Waals surface area contributed by atoms with Crippen molar-refractivity contribution in [1.29, 1.82) is 0 Å². The average Bonchev–Trinajstić information content (AvgIpc) is 2.06. The van der Waals surface area contributed by atoms with Crippen LogP contribution in [0.4, 0.5) is 4.39 Å². The normalized spacial score (nSPS) is 26.4. The Morgan fingerprint density at radius 3 is 3.08 bits per heavy atom. The lowest BCUT2D eigenvalue weighted by Crippen LogP contribution is -2.25. The third-order valence-electron chi connectivity index (χ3n) is 2.33. The van der Waals surface area contributed by atoms with E-state index in [1.807, 2.05) is 0 Å². The molecule has 0 N–H and O–H groups in total. The molecule has 1 aromatic carbocycles. The number of hydrogen-bond acceptors (Lipinski definition) is 1. The van der Waals surface area contributed by atoms with Crippen LogP contribution in [0.1, 0.15) is 18.9 Å². The molecule has 1 nitrogen and oxygen atoms in total. The maximum Gasteiger partial charge on any atom is 0.140 e. The van der Waals surface area contributed by atoms with Crippen molar-refractivity contribution in [3.63, 3.8) is 0 Å². The molecule has 0 amide bonds. The predicted molar refractivity (Wildman–Crippen MR) is 50.0 cm³/mol. The standard InChI is InChI=1S/C10H10ClFO/c1-10(12)4-5-13-9-3-2-7(11)6-8(9)10/h2-3,6H,4-5H2,1H3. The maximum absolute atomic E-state index is 13.9. The van der Waals surface area contributed by atoms with E-state index >= 15 is 0 Å². The zero-order valence-electron chi connectivity index (χ0n) is 7.31. The van der Waals surface area contributed by atoms with Gasteiger partial charge < -0.3 is 4.74 Å². The van der Waals surface area contributed by atoms with Gasteiger partial charge in [-0.15, -0.1) is 0 Å². The molecule has 0 aromatic heterocycles. The van der Waals surface area contributed by atoms with Gasteiger partial charge in [-0.2, -0.15) is 0 Å². The van der Waals surface area contributed by atoms with E-state index in [2.05, 4.69) is 0 Å². The zero-order valence-corrected chi connectivity index (χ0v) is 8.07. The number of benzene rings is 1. The van der Waals surface area contributed by atoms with Gasteiger partial charge in [0.15, 0.2) is 0 Å². The molecule has 0 bridgehead atoms. The molecular formula is C10H10ClFO. The van der Waals surface area contributed by atoms with Gasteiger partial charge in [0.1, 0.15) is 11.4 Å². The monoisotopic (exact) mass is 200 g/mol. The fourth-order valence-corrected chi connectivity index (χ4v) is 1.69. The third kappa shape index (κ3) is 1.51. The summed E-state index contributed by atoms with van der Waals surface area (Å²) in [6, 6.07) is 5.06.